The topological polar surface area (TPSA) is 51.2 Å². The molecule has 7 rings (SSSR count). The maximum absolute atomic E-state index is 13.8. The van der Waals surface area contributed by atoms with Crippen LogP contribution >= 0.6 is 15.9 Å². The number of ether oxygens (including phenoxy) is 1. The molecule has 4 aliphatic rings. The van der Waals surface area contributed by atoms with Crippen LogP contribution in [0.4, 0.5) is 0 Å². The molecule has 0 saturated heterocycles. The molecule has 1 heterocycles. The van der Waals surface area contributed by atoms with Gasteiger partial charge in [-0.25, -0.2) is 4.98 Å². The van der Waals surface area contributed by atoms with Crippen molar-refractivity contribution in [1.82, 2.24) is 10.3 Å². The summed E-state index contributed by atoms with van der Waals surface area (Å²) in [4.78, 5) is 18.8. The van der Waals surface area contributed by atoms with Gasteiger partial charge in [-0.2, -0.15) is 0 Å². The molecule has 1 unspecified atom stereocenters. The van der Waals surface area contributed by atoms with Gasteiger partial charge in [0.15, 0.2) is 0 Å². The van der Waals surface area contributed by atoms with E-state index in [1.165, 1.54) is 38.5 Å². The van der Waals surface area contributed by atoms with E-state index in [1.54, 1.807) is 0 Å². The van der Waals surface area contributed by atoms with Gasteiger partial charge in [-0.1, -0.05) is 28.1 Å². The number of nitrogens with zero attached hydrogens (tertiary/aromatic N) is 1. The lowest BCUT2D eigenvalue weighted by molar-refractivity contribution is -0.0687. The number of pyridine rings is 1. The fourth-order valence-corrected chi connectivity index (χ4v) is 7.94. The van der Waals surface area contributed by atoms with E-state index in [2.05, 4.69) is 28.2 Å². The molecule has 1 atom stereocenters. The number of fused-ring (bicyclic) bond motifs is 1. The first-order valence-electron chi connectivity index (χ1n) is 13.1. The molecule has 0 aliphatic heterocycles. The van der Waals surface area contributed by atoms with Crippen LogP contribution in [0.5, 0.6) is 5.75 Å². The highest BCUT2D eigenvalue weighted by Gasteiger charge is 2.53. The molecule has 0 spiro atoms. The van der Waals surface area contributed by atoms with E-state index in [0.29, 0.717) is 12.2 Å². The number of halogens is 1. The molecule has 4 nitrogen and oxygen atoms in total. The summed E-state index contributed by atoms with van der Waals surface area (Å²) in [6.07, 6.45) is 8.06. The second-order valence-electron chi connectivity index (χ2n) is 11.2. The minimum Gasteiger partial charge on any atom is -0.494 e. The van der Waals surface area contributed by atoms with Gasteiger partial charge in [-0.3, -0.25) is 4.79 Å². The van der Waals surface area contributed by atoms with E-state index in [1.807, 2.05) is 55.5 Å². The van der Waals surface area contributed by atoms with Crippen LogP contribution in [-0.2, 0) is 0 Å². The minimum absolute atomic E-state index is 0.000887. The maximum Gasteiger partial charge on any atom is 0.252 e. The zero-order valence-corrected chi connectivity index (χ0v) is 22.1. The SMILES string of the molecule is CCOc1cccc(-c2cc(C(=O)NC(C)C34CC5CC(CC(C5)C3)C4)c3cc(Br)ccc3n2)c1. The standard InChI is InChI=1S/C30H33BrN2O2/c1-3-35-24-6-4-5-22(12-24)28-14-26(25-13-23(31)7-8-27(25)33-28)29(34)32-18(2)30-15-19-9-20(16-30)11-21(10-19)17-30/h4-8,12-14,18-21H,3,9-11,15-17H2,1-2H3,(H,32,34). The Morgan fingerprint density at radius 2 is 1.80 bits per heavy atom. The van der Waals surface area contributed by atoms with Crippen LogP contribution in [0.1, 0.15) is 62.7 Å². The number of nitrogens with one attached hydrogen (secondary N) is 1. The lowest BCUT2D eigenvalue weighted by Gasteiger charge is -2.59. The maximum atomic E-state index is 13.8. The summed E-state index contributed by atoms with van der Waals surface area (Å²) in [7, 11) is 0. The van der Waals surface area contributed by atoms with Gasteiger partial charge in [0, 0.05) is 21.5 Å². The predicted molar refractivity (Wildman–Crippen MR) is 144 cm³/mol. The second-order valence-corrected chi connectivity index (χ2v) is 12.1. The van der Waals surface area contributed by atoms with Gasteiger partial charge in [0.1, 0.15) is 5.75 Å². The third kappa shape index (κ3) is 4.26. The summed E-state index contributed by atoms with van der Waals surface area (Å²) in [5, 5.41) is 4.34. The molecule has 1 aromatic heterocycles. The molecule has 1 N–H and O–H groups in total. The van der Waals surface area contributed by atoms with E-state index in [9.17, 15) is 4.79 Å². The Morgan fingerprint density at radius 3 is 2.49 bits per heavy atom. The third-order valence-corrected chi connectivity index (χ3v) is 9.30. The van der Waals surface area contributed by atoms with Crippen molar-refractivity contribution in [2.24, 2.45) is 23.2 Å². The molecule has 0 radical (unpaired) electrons. The number of rotatable bonds is 6. The van der Waals surface area contributed by atoms with Crippen molar-refractivity contribution in [3.63, 3.8) is 0 Å². The number of amides is 1. The van der Waals surface area contributed by atoms with E-state index in [-0.39, 0.29) is 17.4 Å². The molecule has 4 aliphatic carbocycles. The van der Waals surface area contributed by atoms with Gasteiger partial charge in [0.2, 0.25) is 0 Å². The Hall–Kier alpha value is -2.40. The molecular formula is C30H33BrN2O2. The van der Waals surface area contributed by atoms with Gasteiger partial charge in [-0.15, -0.1) is 0 Å². The fraction of sp³-hybridized carbons (Fsp3) is 0.467. The first kappa shape index (κ1) is 23.0. The van der Waals surface area contributed by atoms with Crippen LogP contribution in [0.15, 0.2) is 53.0 Å². The zero-order valence-electron chi connectivity index (χ0n) is 20.5. The number of carbonyl (C=O) groups excluding carboxylic acids is 1. The first-order valence-corrected chi connectivity index (χ1v) is 13.9. The summed E-state index contributed by atoms with van der Waals surface area (Å²) in [5.74, 6) is 3.40. The Morgan fingerprint density at radius 1 is 1.09 bits per heavy atom. The van der Waals surface area contributed by atoms with Crippen molar-refractivity contribution in [1.29, 1.82) is 0 Å². The van der Waals surface area contributed by atoms with Gasteiger partial charge >= 0.3 is 0 Å². The smallest absolute Gasteiger partial charge is 0.252 e. The molecule has 3 aromatic rings. The highest BCUT2D eigenvalue weighted by molar-refractivity contribution is 9.10. The summed E-state index contributed by atoms with van der Waals surface area (Å²) < 4.78 is 6.65. The average Bonchev–Trinajstić information content (AvgIpc) is 2.83. The Labute approximate surface area is 216 Å². The molecule has 2 aromatic carbocycles. The quantitative estimate of drug-likeness (QED) is 0.359. The van der Waals surface area contributed by atoms with Crippen molar-refractivity contribution in [3.8, 4) is 17.0 Å². The first-order chi connectivity index (χ1) is 16.9. The van der Waals surface area contributed by atoms with Crippen molar-refractivity contribution in [2.75, 3.05) is 6.61 Å². The van der Waals surface area contributed by atoms with Gasteiger partial charge < -0.3 is 10.1 Å². The monoisotopic (exact) mass is 532 g/mol. The molecule has 5 heteroatoms. The van der Waals surface area contributed by atoms with Crippen LogP contribution in [0, 0.1) is 23.2 Å². The number of hydrogen-bond acceptors (Lipinski definition) is 3. The van der Waals surface area contributed by atoms with Crippen LogP contribution in [0.2, 0.25) is 0 Å². The highest BCUT2D eigenvalue weighted by Crippen LogP contribution is 2.61. The molecule has 182 valence electrons. The number of aromatic nitrogens is 1. The Balaban J connectivity index is 1.35. The van der Waals surface area contributed by atoms with Crippen molar-refractivity contribution in [2.45, 2.75) is 58.4 Å². The lowest BCUT2D eigenvalue weighted by Crippen LogP contribution is -2.55. The number of hydrogen-bond donors (Lipinski definition) is 1. The largest absolute Gasteiger partial charge is 0.494 e. The fourth-order valence-electron chi connectivity index (χ4n) is 7.58. The summed E-state index contributed by atoms with van der Waals surface area (Å²) >= 11 is 3.59. The molecule has 4 fully saturated rings. The van der Waals surface area contributed by atoms with Crippen LogP contribution in [0.25, 0.3) is 22.2 Å². The number of carbonyl (C=O) groups is 1. The van der Waals surface area contributed by atoms with E-state index in [0.717, 1.165) is 50.1 Å². The van der Waals surface area contributed by atoms with Crippen LogP contribution in [0.3, 0.4) is 0 Å². The van der Waals surface area contributed by atoms with Crippen molar-refractivity contribution in [3.05, 3.63) is 58.6 Å². The highest BCUT2D eigenvalue weighted by atomic mass is 79.9. The molecule has 35 heavy (non-hydrogen) atoms. The van der Waals surface area contributed by atoms with E-state index in [4.69, 9.17) is 9.72 Å². The average molecular weight is 534 g/mol. The molecule has 4 bridgehead atoms. The normalized spacial score (nSPS) is 27.7. The summed E-state index contributed by atoms with van der Waals surface area (Å²) in [6.45, 7) is 4.83. The summed E-state index contributed by atoms with van der Waals surface area (Å²) in [6, 6.07) is 16.0. The van der Waals surface area contributed by atoms with Gasteiger partial charge in [0.05, 0.1) is 23.4 Å². The van der Waals surface area contributed by atoms with Crippen molar-refractivity contribution >= 4 is 32.7 Å². The lowest BCUT2D eigenvalue weighted by atomic mass is 9.48. The number of benzene rings is 2. The second kappa shape index (κ2) is 8.92. The van der Waals surface area contributed by atoms with Crippen LogP contribution in [-0.4, -0.2) is 23.5 Å². The predicted octanol–water partition coefficient (Wildman–Crippen LogP) is 7.40. The summed E-state index contributed by atoms with van der Waals surface area (Å²) in [5.41, 5.74) is 3.51. The molecular weight excluding hydrogens is 500 g/mol. The van der Waals surface area contributed by atoms with Crippen molar-refractivity contribution < 1.29 is 9.53 Å². The van der Waals surface area contributed by atoms with Gasteiger partial charge in [0.25, 0.3) is 5.91 Å². The van der Waals surface area contributed by atoms with Gasteiger partial charge in [-0.05, 0) is 112 Å². The Kier molecular flexibility index (Phi) is 5.87. The zero-order chi connectivity index (χ0) is 24.2. The van der Waals surface area contributed by atoms with Crippen LogP contribution < -0.4 is 10.1 Å². The molecule has 4 saturated carbocycles. The molecule has 1 amide bonds. The van der Waals surface area contributed by atoms with E-state index >= 15 is 0 Å². The Bertz CT molecular complexity index is 1250. The third-order valence-electron chi connectivity index (χ3n) is 8.81. The van der Waals surface area contributed by atoms with E-state index < -0.39 is 0 Å². The minimum atomic E-state index is 0.000887.